The summed E-state index contributed by atoms with van der Waals surface area (Å²) in [5.74, 6) is -0.107. The van der Waals surface area contributed by atoms with Gasteiger partial charge in [0.2, 0.25) is 5.91 Å². The quantitative estimate of drug-likeness (QED) is 0.853. The molecular formula is C19H20ClN3OS. The summed E-state index contributed by atoms with van der Waals surface area (Å²) < 4.78 is 0. The number of halogens is 1. The zero-order valence-corrected chi connectivity index (χ0v) is 15.7. The van der Waals surface area contributed by atoms with Crippen molar-refractivity contribution in [1.82, 2.24) is 4.90 Å². The summed E-state index contributed by atoms with van der Waals surface area (Å²) in [6.45, 7) is 0.845. The third-order valence-corrected chi connectivity index (χ3v) is 5.92. The topological polar surface area (TPSA) is 56.1 Å². The lowest BCUT2D eigenvalue weighted by Crippen LogP contribution is -2.29. The number of anilines is 1. The van der Waals surface area contributed by atoms with Crippen LogP contribution in [0.5, 0.6) is 0 Å². The largest absolute Gasteiger partial charge is 0.315 e. The highest BCUT2D eigenvalue weighted by Crippen LogP contribution is 2.37. The highest BCUT2D eigenvalue weighted by Gasteiger charge is 2.22. The van der Waals surface area contributed by atoms with E-state index in [0.29, 0.717) is 22.1 Å². The molecule has 0 atom stereocenters. The molecule has 0 bridgehead atoms. The molecule has 0 aliphatic heterocycles. The first-order chi connectivity index (χ1) is 12.1. The molecule has 1 N–H and O–H groups in total. The Morgan fingerprint density at radius 2 is 2.12 bits per heavy atom. The Morgan fingerprint density at radius 1 is 1.36 bits per heavy atom. The molecular weight excluding hydrogens is 354 g/mol. The normalized spacial score (nSPS) is 13.4. The predicted octanol–water partition coefficient (Wildman–Crippen LogP) is 4.22. The lowest BCUT2D eigenvalue weighted by molar-refractivity contribution is -0.117. The molecule has 0 spiro atoms. The number of benzene rings is 1. The molecule has 0 fully saturated rings. The minimum atomic E-state index is -0.107. The van der Waals surface area contributed by atoms with E-state index >= 15 is 0 Å². The number of aryl methyl sites for hydroxylation is 1. The summed E-state index contributed by atoms with van der Waals surface area (Å²) >= 11 is 7.72. The SMILES string of the molecule is CN(CC(=O)Nc1sc2c(c1C#N)CCCC2)Cc1ccccc1Cl. The van der Waals surface area contributed by atoms with E-state index in [1.807, 2.05) is 36.2 Å². The van der Waals surface area contributed by atoms with Crippen LogP contribution in [-0.4, -0.2) is 24.4 Å². The zero-order valence-electron chi connectivity index (χ0n) is 14.1. The molecule has 3 rings (SSSR count). The van der Waals surface area contributed by atoms with Crippen LogP contribution >= 0.6 is 22.9 Å². The van der Waals surface area contributed by atoms with Crippen molar-refractivity contribution in [2.24, 2.45) is 0 Å². The van der Waals surface area contributed by atoms with Crippen molar-refractivity contribution in [2.45, 2.75) is 32.2 Å². The predicted molar refractivity (Wildman–Crippen MR) is 102 cm³/mol. The van der Waals surface area contributed by atoms with Crippen LogP contribution in [0.2, 0.25) is 5.02 Å². The van der Waals surface area contributed by atoms with Gasteiger partial charge in [0.1, 0.15) is 11.1 Å². The molecule has 1 aromatic carbocycles. The zero-order chi connectivity index (χ0) is 17.8. The number of hydrogen-bond acceptors (Lipinski definition) is 4. The number of nitrogens with one attached hydrogen (secondary N) is 1. The molecule has 25 heavy (non-hydrogen) atoms. The first kappa shape index (κ1) is 17.9. The van der Waals surface area contributed by atoms with Crippen molar-refractivity contribution in [3.05, 3.63) is 50.9 Å². The average molecular weight is 374 g/mol. The lowest BCUT2D eigenvalue weighted by atomic mass is 9.96. The Bertz CT molecular complexity index is 825. The summed E-state index contributed by atoms with van der Waals surface area (Å²) in [7, 11) is 1.88. The van der Waals surface area contributed by atoms with Gasteiger partial charge in [-0.05, 0) is 49.9 Å². The second-order valence-electron chi connectivity index (χ2n) is 6.34. The summed E-state index contributed by atoms with van der Waals surface area (Å²) in [6, 6.07) is 9.90. The fourth-order valence-electron chi connectivity index (χ4n) is 3.16. The van der Waals surface area contributed by atoms with Gasteiger partial charge in [-0.3, -0.25) is 9.69 Å². The van der Waals surface area contributed by atoms with Gasteiger partial charge in [0.25, 0.3) is 0 Å². The van der Waals surface area contributed by atoms with Crippen LogP contribution in [0, 0.1) is 11.3 Å². The third-order valence-electron chi connectivity index (χ3n) is 4.35. The molecule has 1 aliphatic rings. The molecule has 1 heterocycles. The fourth-order valence-corrected chi connectivity index (χ4v) is 4.61. The molecule has 1 aliphatic carbocycles. The molecule has 1 aromatic heterocycles. The summed E-state index contributed by atoms with van der Waals surface area (Å²) in [6.07, 6.45) is 4.23. The van der Waals surface area contributed by atoms with Crippen LogP contribution < -0.4 is 5.32 Å². The number of nitrogens with zero attached hydrogens (tertiary/aromatic N) is 2. The number of amides is 1. The van der Waals surface area contributed by atoms with Gasteiger partial charge in [-0.25, -0.2) is 0 Å². The van der Waals surface area contributed by atoms with Crippen molar-refractivity contribution >= 4 is 33.8 Å². The van der Waals surface area contributed by atoms with Crippen LogP contribution in [0.25, 0.3) is 0 Å². The summed E-state index contributed by atoms with van der Waals surface area (Å²) in [5, 5.41) is 13.8. The molecule has 0 radical (unpaired) electrons. The number of likely N-dealkylation sites (N-methyl/N-ethyl adjacent to an activating group) is 1. The van der Waals surface area contributed by atoms with Crippen molar-refractivity contribution in [3.8, 4) is 6.07 Å². The van der Waals surface area contributed by atoms with Gasteiger partial charge in [-0.15, -0.1) is 11.3 Å². The van der Waals surface area contributed by atoms with Gasteiger partial charge in [0.05, 0.1) is 12.1 Å². The number of carbonyl (C=O) groups excluding carboxylic acids is 1. The maximum absolute atomic E-state index is 12.4. The standard InChI is InChI=1S/C19H20ClN3OS/c1-23(11-13-6-2-4-8-16(13)20)12-18(24)22-19-15(10-21)14-7-3-5-9-17(14)25-19/h2,4,6,8H,3,5,7,9,11-12H2,1H3,(H,22,24). The Morgan fingerprint density at radius 3 is 2.88 bits per heavy atom. The van der Waals surface area contributed by atoms with Crippen LogP contribution in [0.3, 0.4) is 0 Å². The number of fused-ring (bicyclic) bond motifs is 1. The van der Waals surface area contributed by atoms with Crippen LogP contribution in [0.1, 0.15) is 34.4 Å². The van der Waals surface area contributed by atoms with E-state index in [1.54, 1.807) is 11.3 Å². The lowest BCUT2D eigenvalue weighted by Gasteiger charge is -2.17. The number of rotatable bonds is 5. The molecule has 4 nitrogen and oxygen atoms in total. The van der Waals surface area contributed by atoms with E-state index in [9.17, 15) is 10.1 Å². The second kappa shape index (κ2) is 8.01. The monoisotopic (exact) mass is 373 g/mol. The smallest absolute Gasteiger partial charge is 0.239 e. The van der Waals surface area contributed by atoms with Crippen molar-refractivity contribution in [3.63, 3.8) is 0 Å². The Kier molecular flexibility index (Phi) is 5.74. The van der Waals surface area contributed by atoms with E-state index in [2.05, 4.69) is 11.4 Å². The minimum absolute atomic E-state index is 0.107. The van der Waals surface area contributed by atoms with Gasteiger partial charge in [-0.2, -0.15) is 5.26 Å². The Balaban J connectivity index is 1.64. The molecule has 0 unspecified atom stereocenters. The maximum atomic E-state index is 12.4. The van der Waals surface area contributed by atoms with E-state index in [1.165, 1.54) is 4.88 Å². The molecule has 0 saturated heterocycles. The van der Waals surface area contributed by atoms with Crippen molar-refractivity contribution < 1.29 is 4.79 Å². The summed E-state index contributed by atoms with van der Waals surface area (Å²) in [4.78, 5) is 15.6. The summed E-state index contributed by atoms with van der Waals surface area (Å²) in [5.41, 5.74) is 2.78. The Hall–Kier alpha value is -1.87. The third kappa shape index (κ3) is 4.21. The number of carbonyl (C=O) groups is 1. The highest BCUT2D eigenvalue weighted by molar-refractivity contribution is 7.16. The first-order valence-electron chi connectivity index (χ1n) is 8.35. The van der Waals surface area contributed by atoms with Crippen LogP contribution in [0.15, 0.2) is 24.3 Å². The van der Waals surface area contributed by atoms with E-state index in [0.717, 1.165) is 36.8 Å². The second-order valence-corrected chi connectivity index (χ2v) is 7.85. The van der Waals surface area contributed by atoms with Gasteiger partial charge in [0.15, 0.2) is 0 Å². The van der Waals surface area contributed by atoms with Gasteiger partial charge < -0.3 is 5.32 Å². The molecule has 0 saturated carbocycles. The maximum Gasteiger partial charge on any atom is 0.239 e. The Labute approximate surface area is 157 Å². The van der Waals surface area contributed by atoms with Gasteiger partial charge in [-0.1, -0.05) is 29.8 Å². The molecule has 6 heteroatoms. The first-order valence-corrected chi connectivity index (χ1v) is 9.54. The number of nitriles is 1. The fraction of sp³-hybridized carbons (Fsp3) is 0.368. The van der Waals surface area contributed by atoms with Crippen LogP contribution in [0.4, 0.5) is 5.00 Å². The molecule has 2 aromatic rings. The number of thiophene rings is 1. The average Bonchev–Trinajstić information content (AvgIpc) is 2.93. The van der Waals surface area contributed by atoms with Crippen molar-refractivity contribution in [1.29, 1.82) is 5.26 Å². The van der Waals surface area contributed by atoms with Gasteiger partial charge in [0, 0.05) is 16.4 Å². The van der Waals surface area contributed by atoms with E-state index in [4.69, 9.17) is 11.6 Å². The minimum Gasteiger partial charge on any atom is -0.315 e. The highest BCUT2D eigenvalue weighted by atomic mass is 35.5. The van der Waals surface area contributed by atoms with E-state index < -0.39 is 0 Å². The van der Waals surface area contributed by atoms with Crippen molar-refractivity contribution in [2.75, 3.05) is 18.9 Å². The molecule has 1 amide bonds. The number of hydrogen-bond donors (Lipinski definition) is 1. The van der Waals surface area contributed by atoms with E-state index in [-0.39, 0.29) is 12.5 Å². The molecule has 130 valence electrons. The van der Waals surface area contributed by atoms with Gasteiger partial charge >= 0.3 is 0 Å². The van der Waals surface area contributed by atoms with Crippen LogP contribution in [-0.2, 0) is 24.2 Å².